The monoisotopic (exact) mass is 782 g/mol. The van der Waals surface area contributed by atoms with Crippen LogP contribution < -0.4 is 25.7 Å². The number of amides is 4. The van der Waals surface area contributed by atoms with Crippen molar-refractivity contribution in [2.45, 2.75) is 57.4 Å². The lowest BCUT2D eigenvalue weighted by Crippen LogP contribution is -2.47. The molecule has 16 heteroatoms. The van der Waals surface area contributed by atoms with Crippen molar-refractivity contribution in [2.75, 3.05) is 40.5 Å². The first-order valence-electron chi connectivity index (χ1n) is 18.8. The lowest BCUT2D eigenvalue weighted by Gasteiger charge is -2.27. The molecule has 57 heavy (non-hydrogen) atoms. The molecule has 1 aliphatic heterocycles. The number of imide groups is 1. The number of hydrogen-bond acceptors (Lipinski definition) is 11. The molecule has 1 fully saturated rings. The predicted molar refractivity (Wildman–Crippen MR) is 207 cm³/mol. The SMILES string of the molecule is COc1cc(-c2cn(C)c(=O)c3c2cnn3C)cc(OC)c1CCCC(=O)NCCOCCNC(=O)CCc1cccc2c1C(=O)N(C1CCC(=O)CC1=O)C2=O. The Bertz CT molecular complexity index is 2290. The van der Waals surface area contributed by atoms with Crippen LogP contribution in [0.4, 0.5) is 0 Å². The summed E-state index contributed by atoms with van der Waals surface area (Å²) in [5.74, 6) is -0.955. The highest BCUT2D eigenvalue weighted by molar-refractivity contribution is 6.24. The molecule has 2 aromatic heterocycles. The van der Waals surface area contributed by atoms with E-state index >= 15 is 0 Å². The number of nitrogens with one attached hydrogen (secondary N) is 2. The zero-order valence-corrected chi connectivity index (χ0v) is 32.5. The number of methoxy groups -OCH3 is 2. The Morgan fingerprint density at radius 3 is 2.23 bits per heavy atom. The maximum Gasteiger partial charge on any atom is 0.276 e. The zero-order chi connectivity index (χ0) is 40.8. The minimum absolute atomic E-state index is 0.0663. The quantitative estimate of drug-likeness (QED) is 0.0907. The molecule has 1 saturated carbocycles. The van der Waals surface area contributed by atoms with Crippen LogP contribution in [-0.2, 0) is 50.9 Å². The van der Waals surface area contributed by atoms with E-state index in [9.17, 15) is 33.6 Å². The van der Waals surface area contributed by atoms with E-state index in [1.165, 1.54) is 10.6 Å². The standard InChI is InChI=1S/C41H46N6O10/c1-45-23-30(29-22-44-46(2)38(29)41(45)54)25-19-33(55-3)27(34(20-25)56-4)8-6-10-35(50)42-15-17-57-18-16-43-36(51)14-11-24-7-5-9-28-37(24)40(53)47(39(28)52)31-13-12-26(48)21-32(31)49/h5,7,9,19-20,22-23,31H,6,8,10-18,21H2,1-4H3,(H,42,50)(H,43,51). The lowest BCUT2D eigenvalue weighted by molar-refractivity contribution is -0.132. The van der Waals surface area contributed by atoms with Crippen LogP contribution in [0.25, 0.3) is 22.0 Å². The number of pyridine rings is 1. The van der Waals surface area contributed by atoms with Gasteiger partial charge in [-0.05, 0) is 55.0 Å². The number of carbonyl (C=O) groups is 6. The average Bonchev–Trinajstić information content (AvgIpc) is 3.71. The van der Waals surface area contributed by atoms with Crippen molar-refractivity contribution >= 4 is 46.1 Å². The van der Waals surface area contributed by atoms with Crippen LogP contribution in [0.1, 0.15) is 70.4 Å². The van der Waals surface area contributed by atoms with Crippen molar-refractivity contribution in [3.05, 3.63) is 75.3 Å². The fourth-order valence-electron chi connectivity index (χ4n) is 7.47. The van der Waals surface area contributed by atoms with Gasteiger partial charge in [0.15, 0.2) is 5.78 Å². The molecular weight excluding hydrogens is 736 g/mol. The molecule has 0 radical (unpaired) electrons. The van der Waals surface area contributed by atoms with Crippen molar-refractivity contribution in [3.63, 3.8) is 0 Å². The Labute approximate surface area is 328 Å². The fraction of sp³-hybridized carbons (Fsp3) is 0.415. The van der Waals surface area contributed by atoms with Gasteiger partial charge in [-0.1, -0.05) is 12.1 Å². The van der Waals surface area contributed by atoms with E-state index in [0.29, 0.717) is 42.0 Å². The normalized spacial score (nSPS) is 15.3. The second-order valence-electron chi connectivity index (χ2n) is 14.1. The molecule has 6 rings (SSSR count). The first-order valence-corrected chi connectivity index (χ1v) is 18.8. The summed E-state index contributed by atoms with van der Waals surface area (Å²) in [6, 6.07) is 7.70. The topological polar surface area (TPSA) is 197 Å². The van der Waals surface area contributed by atoms with E-state index in [4.69, 9.17) is 14.2 Å². The third kappa shape index (κ3) is 8.65. The maximum absolute atomic E-state index is 13.3. The first kappa shape index (κ1) is 40.5. The molecule has 1 aliphatic carbocycles. The van der Waals surface area contributed by atoms with Crippen LogP contribution in [0.3, 0.4) is 0 Å². The molecule has 0 saturated heterocycles. The number of aromatic nitrogens is 3. The summed E-state index contributed by atoms with van der Waals surface area (Å²) in [5, 5.41) is 10.6. The van der Waals surface area contributed by atoms with Gasteiger partial charge in [0.05, 0.1) is 57.2 Å². The number of carbonyl (C=O) groups excluding carboxylic acids is 6. The highest BCUT2D eigenvalue weighted by Gasteiger charge is 2.45. The minimum atomic E-state index is -0.953. The van der Waals surface area contributed by atoms with Crippen molar-refractivity contribution < 1.29 is 43.0 Å². The average molecular weight is 783 g/mol. The van der Waals surface area contributed by atoms with Crippen LogP contribution >= 0.6 is 0 Å². The third-order valence-electron chi connectivity index (χ3n) is 10.4. The maximum atomic E-state index is 13.3. The van der Waals surface area contributed by atoms with Gasteiger partial charge in [0.1, 0.15) is 22.8 Å². The smallest absolute Gasteiger partial charge is 0.276 e. The number of rotatable bonds is 17. The molecule has 4 aromatic rings. The van der Waals surface area contributed by atoms with E-state index < -0.39 is 23.6 Å². The van der Waals surface area contributed by atoms with E-state index in [0.717, 1.165) is 27.0 Å². The largest absolute Gasteiger partial charge is 0.496 e. The van der Waals surface area contributed by atoms with Crippen molar-refractivity contribution in [3.8, 4) is 22.6 Å². The van der Waals surface area contributed by atoms with Gasteiger partial charge in [-0.2, -0.15) is 5.10 Å². The van der Waals surface area contributed by atoms with Crippen LogP contribution in [0.5, 0.6) is 11.5 Å². The van der Waals surface area contributed by atoms with E-state index in [2.05, 4.69) is 15.7 Å². The number of hydrogen-bond donors (Lipinski definition) is 2. The van der Waals surface area contributed by atoms with Crippen LogP contribution in [0.2, 0.25) is 0 Å². The molecule has 3 heterocycles. The fourth-order valence-corrected chi connectivity index (χ4v) is 7.47. The van der Waals surface area contributed by atoms with Gasteiger partial charge in [0.25, 0.3) is 17.4 Å². The Kier molecular flexibility index (Phi) is 12.6. The van der Waals surface area contributed by atoms with Gasteiger partial charge >= 0.3 is 0 Å². The summed E-state index contributed by atoms with van der Waals surface area (Å²) in [6.45, 7) is 1.01. The summed E-state index contributed by atoms with van der Waals surface area (Å²) in [7, 11) is 6.58. The molecule has 4 amide bonds. The molecule has 0 bridgehead atoms. The Balaban J connectivity index is 0.899. The molecule has 16 nitrogen and oxygen atoms in total. The van der Waals surface area contributed by atoms with Gasteiger partial charge in [0, 0.05) is 69.2 Å². The van der Waals surface area contributed by atoms with E-state index in [-0.39, 0.29) is 92.6 Å². The molecule has 300 valence electrons. The molecule has 1 atom stereocenters. The molecule has 2 aromatic carbocycles. The number of fused-ring (bicyclic) bond motifs is 2. The Hall–Kier alpha value is -6.16. The number of ketones is 2. The van der Waals surface area contributed by atoms with Crippen LogP contribution in [-0.4, -0.2) is 101 Å². The highest BCUT2D eigenvalue weighted by atomic mass is 16.5. The predicted octanol–water partition coefficient (Wildman–Crippen LogP) is 2.45. The van der Waals surface area contributed by atoms with Crippen LogP contribution in [0.15, 0.2) is 47.5 Å². The number of ether oxygens (including phenoxy) is 3. The summed E-state index contributed by atoms with van der Waals surface area (Å²) in [6.07, 6.45) is 5.01. The second-order valence-corrected chi connectivity index (χ2v) is 14.1. The van der Waals surface area contributed by atoms with Gasteiger partial charge in [-0.15, -0.1) is 0 Å². The number of Topliss-reactive ketones (excluding diaryl/α,β-unsaturated/α-hetero) is 2. The lowest BCUT2D eigenvalue weighted by atomic mass is 9.92. The molecule has 2 aliphatic rings. The molecule has 2 N–H and O–H groups in total. The number of nitrogens with zero attached hydrogens (tertiary/aromatic N) is 4. The van der Waals surface area contributed by atoms with Crippen molar-refractivity contribution in [2.24, 2.45) is 14.1 Å². The third-order valence-corrected chi connectivity index (χ3v) is 10.4. The van der Waals surface area contributed by atoms with Gasteiger partial charge in [-0.25, -0.2) is 0 Å². The van der Waals surface area contributed by atoms with E-state index in [1.54, 1.807) is 57.5 Å². The van der Waals surface area contributed by atoms with Gasteiger partial charge in [-0.3, -0.25) is 43.1 Å². The van der Waals surface area contributed by atoms with Gasteiger partial charge in [0.2, 0.25) is 11.8 Å². The van der Waals surface area contributed by atoms with E-state index in [1.807, 2.05) is 12.1 Å². The second kappa shape index (κ2) is 17.7. The number of aryl methyl sites for hydroxylation is 3. The first-order chi connectivity index (χ1) is 27.4. The Morgan fingerprint density at radius 1 is 0.877 bits per heavy atom. The summed E-state index contributed by atoms with van der Waals surface area (Å²) >= 11 is 0. The zero-order valence-electron chi connectivity index (χ0n) is 32.5. The highest BCUT2D eigenvalue weighted by Crippen LogP contribution is 2.38. The Morgan fingerprint density at radius 2 is 1.56 bits per heavy atom. The summed E-state index contributed by atoms with van der Waals surface area (Å²) in [4.78, 5) is 89.4. The van der Waals surface area contributed by atoms with Gasteiger partial charge < -0.3 is 29.4 Å². The van der Waals surface area contributed by atoms with Crippen LogP contribution in [0, 0.1) is 0 Å². The molecule has 0 spiro atoms. The molecular formula is C41H46N6O10. The summed E-state index contributed by atoms with van der Waals surface area (Å²) in [5.41, 5.74) is 3.70. The van der Waals surface area contributed by atoms with Crippen molar-refractivity contribution in [1.29, 1.82) is 0 Å². The number of benzene rings is 2. The minimum Gasteiger partial charge on any atom is -0.496 e. The summed E-state index contributed by atoms with van der Waals surface area (Å²) < 4.78 is 20.1. The van der Waals surface area contributed by atoms with Crippen molar-refractivity contribution in [1.82, 2.24) is 29.9 Å². The molecule has 1 unspecified atom stereocenters.